The zero-order valence-corrected chi connectivity index (χ0v) is 12.2. The van der Waals surface area contributed by atoms with Gasteiger partial charge in [0.25, 0.3) is 0 Å². The molecule has 1 saturated heterocycles. The summed E-state index contributed by atoms with van der Waals surface area (Å²) >= 11 is 1.71. The summed E-state index contributed by atoms with van der Waals surface area (Å²) in [4.78, 5) is 5.57. The summed E-state index contributed by atoms with van der Waals surface area (Å²) in [5.41, 5.74) is 3.04. The lowest BCUT2D eigenvalue weighted by atomic mass is 10.1. The number of aryl methyl sites for hydroxylation is 1. The monoisotopic (exact) mass is 269 g/mol. The van der Waals surface area contributed by atoms with Gasteiger partial charge in [-0.1, -0.05) is 19.8 Å². The molecule has 0 saturated carbocycles. The average molecular weight is 269 g/mol. The highest BCUT2D eigenvalue weighted by atomic mass is 32.1. The van der Waals surface area contributed by atoms with Gasteiger partial charge in [0.1, 0.15) is 0 Å². The maximum atomic E-state index is 5.88. The smallest absolute Gasteiger partial charge is 0.158 e. The molecular weight excluding hydrogens is 246 g/mol. The summed E-state index contributed by atoms with van der Waals surface area (Å²) in [5, 5.41) is 0. The lowest BCUT2D eigenvalue weighted by Crippen LogP contribution is -2.15. The Morgan fingerprint density at radius 2 is 2.39 bits per heavy atom. The van der Waals surface area contributed by atoms with Crippen LogP contribution in [0.15, 0.2) is 5.51 Å². The molecule has 0 aliphatic carbocycles. The van der Waals surface area contributed by atoms with Crippen LogP contribution in [0.5, 0.6) is 0 Å². The quantitative estimate of drug-likeness (QED) is 0.756. The molecule has 4 heteroatoms. The number of hydrogen-bond donors (Lipinski definition) is 0. The van der Waals surface area contributed by atoms with E-state index >= 15 is 0 Å². The first-order valence-electron chi connectivity index (χ1n) is 6.95. The fourth-order valence-corrected chi connectivity index (χ4v) is 3.05. The van der Waals surface area contributed by atoms with Crippen LogP contribution in [0.4, 0.5) is 0 Å². The van der Waals surface area contributed by atoms with Gasteiger partial charge in [-0.05, 0) is 19.8 Å². The molecular formula is C14H23NO2S. The first kappa shape index (κ1) is 14.0. The van der Waals surface area contributed by atoms with Crippen LogP contribution in [0.3, 0.4) is 0 Å². The van der Waals surface area contributed by atoms with Crippen LogP contribution in [-0.4, -0.2) is 24.0 Å². The van der Waals surface area contributed by atoms with Gasteiger partial charge in [0, 0.05) is 17.7 Å². The third-order valence-electron chi connectivity index (χ3n) is 3.43. The Hall–Kier alpha value is -0.450. The van der Waals surface area contributed by atoms with Crippen molar-refractivity contribution in [1.82, 2.24) is 4.98 Å². The van der Waals surface area contributed by atoms with E-state index < -0.39 is 0 Å². The molecule has 2 atom stereocenters. The molecule has 1 aliphatic rings. The maximum absolute atomic E-state index is 5.88. The van der Waals surface area contributed by atoms with Crippen molar-refractivity contribution in [2.45, 2.75) is 64.8 Å². The molecule has 0 spiro atoms. The average Bonchev–Trinajstić information content (AvgIpc) is 2.97. The lowest BCUT2D eigenvalue weighted by Gasteiger charge is -2.14. The van der Waals surface area contributed by atoms with E-state index in [1.165, 1.54) is 24.1 Å². The molecule has 0 amide bonds. The molecule has 2 unspecified atom stereocenters. The molecule has 0 aromatic carbocycles. The summed E-state index contributed by atoms with van der Waals surface area (Å²) in [6, 6.07) is 0. The second-order valence-corrected chi connectivity index (χ2v) is 5.83. The van der Waals surface area contributed by atoms with Crippen molar-refractivity contribution in [3.05, 3.63) is 16.1 Å². The van der Waals surface area contributed by atoms with E-state index in [0.717, 1.165) is 31.6 Å². The predicted molar refractivity (Wildman–Crippen MR) is 73.9 cm³/mol. The maximum Gasteiger partial charge on any atom is 0.158 e. The van der Waals surface area contributed by atoms with E-state index in [9.17, 15) is 0 Å². The van der Waals surface area contributed by atoms with Crippen LogP contribution in [0.1, 0.15) is 49.6 Å². The number of ether oxygens (including phenoxy) is 2. The first-order chi connectivity index (χ1) is 8.79. The SMILES string of the molecule is CCCCC1CCC(OCCc2scnc2C)O1. The Kier molecular flexibility index (Phi) is 5.60. The van der Waals surface area contributed by atoms with Crippen LogP contribution in [0, 0.1) is 6.92 Å². The molecule has 0 bridgehead atoms. The standard InChI is InChI=1S/C14H23NO2S/c1-3-4-5-12-6-7-14(17-12)16-9-8-13-11(2)15-10-18-13/h10,12,14H,3-9H2,1-2H3. The second kappa shape index (κ2) is 7.22. The van der Waals surface area contributed by atoms with E-state index in [1.807, 2.05) is 5.51 Å². The van der Waals surface area contributed by atoms with Crippen LogP contribution < -0.4 is 0 Å². The van der Waals surface area contributed by atoms with Crippen molar-refractivity contribution in [3.63, 3.8) is 0 Å². The fourth-order valence-electron chi connectivity index (χ4n) is 2.29. The highest BCUT2D eigenvalue weighted by molar-refractivity contribution is 7.09. The van der Waals surface area contributed by atoms with Gasteiger partial charge in [0.15, 0.2) is 6.29 Å². The number of hydrogen-bond acceptors (Lipinski definition) is 4. The fraction of sp³-hybridized carbons (Fsp3) is 0.786. The third-order valence-corrected chi connectivity index (χ3v) is 4.42. The van der Waals surface area contributed by atoms with Gasteiger partial charge in [-0.3, -0.25) is 0 Å². The largest absolute Gasteiger partial charge is 0.352 e. The molecule has 1 aromatic heterocycles. The lowest BCUT2D eigenvalue weighted by molar-refractivity contribution is -0.133. The highest BCUT2D eigenvalue weighted by Crippen LogP contribution is 2.24. The molecule has 1 fully saturated rings. The summed E-state index contributed by atoms with van der Waals surface area (Å²) in [6.45, 7) is 5.02. The molecule has 102 valence electrons. The van der Waals surface area contributed by atoms with E-state index in [1.54, 1.807) is 11.3 Å². The van der Waals surface area contributed by atoms with Crippen molar-refractivity contribution in [2.24, 2.45) is 0 Å². The Labute approximate surface area is 114 Å². The zero-order valence-electron chi connectivity index (χ0n) is 11.4. The zero-order chi connectivity index (χ0) is 12.8. The summed E-state index contributed by atoms with van der Waals surface area (Å²) < 4.78 is 11.7. The van der Waals surface area contributed by atoms with Crippen molar-refractivity contribution >= 4 is 11.3 Å². The van der Waals surface area contributed by atoms with Crippen molar-refractivity contribution in [2.75, 3.05) is 6.61 Å². The van der Waals surface area contributed by atoms with Gasteiger partial charge in [-0.15, -0.1) is 11.3 Å². The summed E-state index contributed by atoms with van der Waals surface area (Å²) in [7, 11) is 0. The van der Waals surface area contributed by atoms with Gasteiger partial charge in [0.05, 0.1) is 23.9 Å². The summed E-state index contributed by atoms with van der Waals surface area (Å²) in [5.74, 6) is 0. The Bertz CT molecular complexity index is 353. The number of aromatic nitrogens is 1. The molecule has 2 rings (SSSR count). The minimum Gasteiger partial charge on any atom is -0.352 e. The van der Waals surface area contributed by atoms with E-state index in [4.69, 9.17) is 9.47 Å². The molecule has 3 nitrogen and oxygen atoms in total. The molecule has 0 N–H and O–H groups in total. The second-order valence-electron chi connectivity index (χ2n) is 4.89. The summed E-state index contributed by atoms with van der Waals surface area (Å²) in [6.07, 6.45) is 7.31. The Morgan fingerprint density at radius 1 is 1.50 bits per heavy atom. The van der Waals surface area contributed by atoms with Crippen LogP contribution >= 0.6 is 11.3 Å². The topological polar surface area (TPSA) is 31.4 Å². The molecule has 18 heavy (non-hydrogen) atoms. The number of unbranched alkanes of at least 4 members (excludes halogenated alkanes) is 1. The van der Waals surface area contributed by atoms with Gasteiger partial charge < -0.3 is 9.47 Å². The normalized spacial score (nSPS) is 23.7. The first-order valence-corrected chi connectivity index (χ1v) is 7.83. The van der Waals surface area contributed by atoms with Crippen LogP contribution in [0.2, 0.25) is 0 Å². The number of nitrogens with zero attached hydrogens (tertiary/aromatic N) is 1. The molecule has 1 aromatic rings. The van der Waals surface area contributed by atoms with Gasteiger partial charge >= 0.3 is 0 Å². The number of thiazole rings is 1. The van der Waals surface area contributed by atoms with Gasteiger partial charge in [-0.25, -0.2) is 4.98 Å². The minimum absolute atomic E-state index is 0.0279. The Morgan fingerprint density at radius 3 is 3.11 bits per heavy atom. The highest BCUT2D eigenvalue weighted by Gasteiger charge is 2.25. The van der Waals surface area contributed by atoms with E-state index in [0.29, 0.717) is 6.10 Å². The predicted octanol–water partition coefficient (Wildman–Crippen LogP) is 3.71. The minimum atomic E-state index is 0.0279. The van der Waals surface area contributed by atoms with E-state index in [2.05, 4.69) is 18.8 Å². The molecule has 1 aliphatic heterocycles. The molecule has 0 radical (unpaired) electrons. The van der Waals surface area contributed by atoms with Gasteiger partial charge in [-0.2, -0.15) is 0 Å². The van der Waals surface area contributed by atoms with Crippen LogP contribution in [0.25, 0.3) is 0 Å². The number of rotatable bonds is 7. The Balaban J connectivity index is 1.62. The van der Waals surface area contributed by atoms with Crippen molar-refractivity contribution < 1.29 is 9.47 Å². The van der Waals surface area contributed by atoms with Crippen LogP contribution in [-0.2, 0) is 15.9 Å². The van der Waals surface area contributed by atoms with E-state index in [-0.39, 0.29) is 6.29 Å². The van der Waals surface area contributed by atoms with Crippen molar-refractivity contribution in [3.8, 4) is 0 Å². The third kappa shape index (κ3) is 4.04. The molecule has 2 heterocycles. The van der Waals surface area contributed by atoms with Gasteiger partial charge in [0.2, 0.25) is 0 Å². The van der Waals surface area contributed by atoms with Crippen molar-refractivity contribution in [1.29, 1.82) is 0 Å².